The fourth-order valence-electron chi connectivity index (χ4n) is 3.12. The average Bonchev–Trinajstić information content (AvgIpc) is 2.58. The van der Waals surface area contributed by atoms with Crippen molar-refractivity contribution in [2.45, 2.75) is 25.3 Å². The molecule has 3 nitrogen and oxygen atoms in total. The summed E-state index contributed by atoms with van der Waals surface area (Å²) in [6.07, 6.45) is 1.37. The van der Waals surface area contributed by atoms with Crippen molar-refractivity contribution in [3.63, 3.8) is 0 Å². The normalized spacial score (nSPS) is 16.6. The number of amides is 1. The van der Waals surface area contributed by atoms with E-state index in [1.807, 2.05) is 31.2 Å². The number of aryl methyl sites for hydroxylation is 1. The second-order valence-corrected chi connectivity index (χ2v) is 7.03. The molecule has 0 atom stereocenters. The first-order valence-electron chi connectivity index (χ1n) is 7.93. The number of nitrogens with one attached hydrogen (secondary N) is 1. The molecule has 0 aromatic heterocycles. The van der Waals surface area contributed by atoms with Crippen LogP contribution in [0.4, 0.5) is 4.39 Å². The fraction of sp³-hybridized carbons (Fsp3) is 0.316. The van der Waals surface area contributed by atoms with Gasteiger partial charge in [-0.05, 0) is 55.2 Å². The van der Waals surface area contributed by atoms with E-state index in [9.17, 15) is 9.18 Å². The molecule has 0 spiro atoms. The van der Waals surface area contributed by atoms with Gasteiger partial charge in [0.25, 0.3) is 5.91 Å². The lowest BCUT2D eigenvalue weighted by molar-refractivity contribution is 0.0345. The number of halogens is 2. The quantitative estimate of drug-likeness (QED) is 0.845. The average molecular weight is 392 g/mol. The number of carbonyl (C=O) groups is 1. The monoisotopic (exact) mass is 391 g/mol. The van der Waals surface area contributed by atoms with Crippen LogP contribution in [0.25, 0.3) is 0 Å². The summed E-state index contributed by atoms with van der Waals surface area (Å²) >= 11 is 3.49. The Bertz CT molecular complexity index is 757. The van der Waals surface area contributed by atoms with Gasteiger partial charge in [0.15, 0.2) is 0 Å². The molecule has 1 fully saturated rings. The van der Waals surface area contributed by atoms with Crippen LogP contribution in [0.2, 0.25) is 0 Å². The Hall–Kier alpha value is -1.72. The zero-order chi connectivity index (χ0) is 17.2. The molecule has 0 aliphatic carbocycles. The summed E-state index contributed by atoms with van der Waals surface area (Å²) in [5, 5.41) is 3.15. The van der Waals surface area contributed by atoms with Crippen LogP contribution in [0.15, 0.2) is 46.9 Å². The molecule has 2 aromatic carbocycles. The van der Waals surface area contributed by atoms with Crippen LogP contribution in [0.1, 0.15) is 34.3 Å². The molecule has 24 heavy (non-hydrogen) atoms. The Morgan fingerprint density at radius 3 is 2.67 bits per heavy atom. The van der Waals surface area contributed by atoms with Crippen LogP contribution in [-0.4, -0.2) is 19.1 Å². The van der Waals surface area contributed by atoms with E-state index in [-0.39, 0.29) is 5.91 Å². The molecule has 1 aliphatic heterocycles. The molecule has 5 heteroatoms. The molecule has 0 unspecified atom stereocenters. The summed E-state index contributed by atoms with van der Waals surface area (Å²) in [5.41, 5.74) is 1.65. The number of hydrogen-bond acceptors (Lipinski definition) is 2. The molecule has 0 radical (unpaired) electrons. The second kappa shape index (κ2) is 7.03. The number of carbonyl (C=O) groups excluding carboxylic acids is 1. The lowest BCUT2D eigenvalue weighted by atomic mass is 9.82. The maximum atomic E-state index is 13.6. The van der Waals surface area contributed by atoms with Gasteiger partial charge in [-0.15, -0.1) is 0 Å². The third-order valence-corrected chi connectivity index (χ3v) is 5.01. The van der Waals surface area contributed by atoms with Gasteiger partial charge in [0.05, 0.1) is 5.54 Å². The van der Waals surface area contributed by atoms with E-state index >= 15 is 0 Å². The molecule has 126 valence electrons. The van der Waals surface area contributed by atoms with E-state index in [4.69, 9.17) is 4.74 Å². The van der Waals surface area contributed by atoms with E-state index in [1.165, 1.54) is 12.1 Å². The highest BCUT2D eigenvalue weighted by atomic mass is 79.9. The van der Waals surface area contributed by atoms with Gasteiger partial charge < -0.3 is 10.1 Å². The Morgan fingerprint density at radius 1 is 1.21 bits per heavy atom. The molecule has 3 rings (SSSR count). The smallest absolute Gasteiger partial charge is 0.252 e. The summed E-state index contributed by atoms with van der Waals surface area (Å²) < 4.78 is 20.0. The summed E-state index contributed by atoms with van der Waals surface area (Å²) in [5.74, 6) is -0.664. The van der Waals surface area contributed by atoms with Crippen molar-refractivity contribution in [3.05, 3.63) is 69.4 Å². The van der Waals surface area contributed by atoms with Crippen molar-refractivity contribution in [2.75, 3.05) is 13.2 Å². The third-order valence-electron chi connectivity index (χ3n) is 4.52. The van der Waals surface area contributed by atoms with E-state index in [2.05, 4.69) is 21.2 Å². The molecule has 1 amide bonds. The molecule has 1 N–H and O–H groups in total. The first-order chi connectivity index (χ1) is 11.5. The molecule has 2 aromatic rings. The highest BCUT2D eigenvalue weighted by Gasteiger charge is 2.36. The Kier molecular flexibility index (Phi) is 5.01. The van der Waals surface area contributed by atoms with Crippen LogP contribution >= 0.6 is 15.9 Å². The highest BCUT2D eigenvalue weighted by molar-refractivity contribution is 9.10. The van der Waals surface area contributed by atoms with Crippen LogP contribution in [0.3, 0.4) is 0 Å². The summed E-state index contributed by atoms with van der Waals surface area (Å²) in [4.78, 5) is 12.8. The van der Waals surface area contributed by atoms with Gasteiger partial charge in [-0.25, -0.2) is 4.39 Å². The third kappa shape index (κ3) is 3.52. The summed E-state index contributed by atoms with van der Waals surface area (Å²) in [6, 6.07) is 12.2. The largest absolute Gasteiger partial charge is 0.381 e. The van der Waals surface area contributed by atoms with Crippen molar-refractivity contribution in [3.8, 4) is 0 Å². The van der Waals surface area contributed by atoms with Crippen LogP contribution in [0.5, 0.6) is 0 Å². The van der Waals surface area contributed by atoms with Gasteiger partial charge in [-0.1, -0.05) is 34.1 Å². The molecular formula is C19H19BrFNO2. The second-order valence-electron chi connectivity index (χ2n) is 6.12. The van der Waals surface area contributed by atoms with E-state index in [0.717, 1.165) is 15.6 Å². The predicted octanol–water partition coefficient (Wildman–Crippen LogP) is 4.33. The number of benzene rings is 2. The van der Waals surface area contributed by atoms with Gasteiger partial charge in [0, 0.05) is 23.2 Å². The lowest BCUT2D eigenvalue weighted by Gasteiger charge is -2.38. The van der Waals surface area contributed by atoms with Crippen molar-refractivity contribution in [1.29, 1.82) is 0 Å². The molecular weight excluding hydrogens is 373 g/mol. The SMILES string of the molecule is Cc1ccc(F)cc1C(=O)NC1(c2cccc(Br)c2)CCOCC1. The minimum absolute atomic E-state index is 0.256. The van der Waals surface area contributed by atoms with Crippen molar-refractivity contribution in [2.24, 2.45) is 0 Å². The van der Waals surface area contributed by atoms with Gasteiger partial charge in [0.2, 0.25) is 0 Å². The minimum atomic E-state index is -0.502. The summed E-state index contributed by atoms with van der Waals surface area (Å²) in [7, 11) is 0. The summed E-state index contributed by atoms with van der Waals surface area (Å²) in [6.45, 7) is 2.97. The predicted molar refractivity (Wildman–Crippen MR) is 94.5 cm³/mol. The zero-order valence-electron chi connectivity index (χ0n) is 13.4. The number of rotatable bonds is 3. The zero-order valence-corrected chi connectivity index (χ0v) is 15.0. The molecule has 1 heterocycles. The van der Waals surface area contributed by atoms with Crippen LogP contribution < -0.4 is 5.32 Å². The van der Waals surface area contributed by atoms with Gasteiger partial charge in [0.1, 0.15) is 5.82 Å². The standard InChI is InChI=1S/C19H19BrFNO2/c1-13-5-6-16(21)12-17(13)18(23)22-19(7-9-24-10-8-19)14-3-2-4-15(20)11-14/h2-6,11-12H,7-10H2,1H3,(H,22,23). The topological polar surface area (TPSA) is 38.3 Å². The highest BCUT2D eigenvalue weighted by Crippen LogP contribution is 2.34. The number of hydrogen-bond donors (Lipinski definition) is 1. The molecule has 0 bridgehead atoms. The first kappa shape index (κ1) is 17.1. The van der Waals surface area contributed by atoms with Crippen molar-refractivity contribution < 1.29 is 13.9 Å². The maximum Gasteiger partial charge on any atom is 0.252 e. The Morgan fingerprint density at radius 2 is 1.96 bits per heavy atom. The van der Waals surface area contributed by atoms with E-state index in [0.29, 0.717) is 31.6 Å². The Labute approximate surface area is 149 Å². The number of ether oxygens (including phenoxy) is 1. The Balaban J connectivity index is 1.95. The van der Waals surface area contributed by atoms with E-state index in [1.54, 1.807) is 6.07 Å². The van der Waals surface area contributed by atoms with Gasteiger partial charge in [-0.3, -0.25) is 4.79 Å². The molecule has 0 saturated carbocycles. The molecule has 1 aliphatic rings. The van der Waals surface area contributed by atoms with Crippen molar-refractivity contribution in [1.82, 2.24) is 5.32 Å². The van der Waals surface area contributed by atoms with Crippen LogP contribution in [-0.2, 0) is 10.3 Å². The van der Waals surface area contributed by atoms with Crippen molar-refractivity contribution >= 4 is 21.8 Å². The maximum absolute atomic E-state index is 13.6. The minimum Gasteiger partial charge on any atom is -0.381 e. The van der Waals surface area contributed by atoms with E-state index < -0.39 is 11.4 Å². The van der Waals surface area contributed by atoms with Gasteiger partial charge in [-0.2, -0.15) is 0 Å². The van der Waals surface area contributed by atoms with Crippen LogP contribution in [0, 0.1) is 12.7 Å². The fourth-order valence-corrected chi connectivity index (χ4v) is 3.51. The molecule has 1 saturated heterocycles. The first-order valence-corrected chi connectivity index (χ1v) is 8.72. The lowest BCUT2D eigenvalue weighted by Crippen LogP contribution is -2.49. The van der Waals surface area contributed by atoms with Gasteiger partial charge >= 0.3 is 0 Å².